The predicted octanol–water partition coefficient (Wildman–Crippen LogP) is 2.92. The highest BCUT2D eigenvalue weighted by Crippen LogP contribution is 2.15. The first-order valence-electron chi connectivity index (χ1n) is 7.17. The van der Waals surface area contributed by atoms with E-state index >= 15 is 0 Å². The second kappa shape index (κ2) is 8.97. The second-order valence-electron chi connectivity index (χ2n) is 4.95. The number of unbranched alkanes of at least 4 members (excludes halogenated alkanes) is 1. The van der Waals surface area contributed by atoms with Gasteiger partial charge in [0.15, 0.2) is 0 Å². The van der Waals surface area contributed by atoms with Gasteiger partial charge in [-0.1, -0.05) is 18.5 Å². The molecular weight excluding hydrogens is 278 g/mol. The van der Waals surface area contributed by atoms with Crippen molar-refractivity contribution in [2.24, 2.45) is 0 Å². The summed E-state index contributed by atoms with van der Waals surface area (Å²) >= 11 is 6.06. The largest absolute Gasteiger partial charge is 0.382 e. The van der Waals surface area contributed by atoms with Crippen LogP contribution in [0.25, 0.3) is 0 Å². The molecule has 5 nitrogen and oxygen atoms in total. The monoisotopic (exact) mass is 301 g/mol. The van der Waals surface area contributed by atoms with Crippen LogP contribution in [-0.2, 0) is 11.3 Å². The molecule has 0 aliphatic carbocycles. The minimum atomic E-state index is -0.235. The Morgan fingerprint density at radius 3 is 2.85 bits per heavy atom. The minimum absolute atomic E-state index is 0.215. The summed E-state index contributed by atoms with van der Waals surface area (Å²) in [6, 6.07) is 0. The molecule has 0 unspecified atom stereocenters. The van der Waals surface area contributed by atoms with Crippen LogP contribution in [0.5, 0.6) is 0 Å². The van der Waals surface area contributed by atoms with Gasteiger partial charge in [-0.05, 0) is 33.1 Å². The molecule has 0 saturated heterocycles. The summed E-state index contributed by atoms with van der Waals surface area (Å²) in [5.74, 6) is 0. The average Bonchev–Trinajstić information content (AvgIpc) is 2.41. The third-order valence-electron chi connectivity index (χ3n) is 2.76. The van der Waals surface area contributed by atoms with Crippen LogP contribution in [0.2, 0.25) is 5.02 Å². The van der Waals surface area contributed by atoms with E-state index in [2.05, 4.69) is 10.4 Å². The SMILES string of the molecule is CCCn1ncc(NCCCCOC(C)C)c(Cl)c1=O. The first kappa shape index (κ1) is 17.0. The molecule has 0 spiro atoms. The van der Waals surface area contributed by atoms with E-state index in [0.717, 1.165) is 32.4 Å². The molecule has 114 valence electrons. The number of ether oxygens (including phenoxy) is 1. The van der Waals surface area contributed by atoms with E-state index in [9.17, 15) is 4.79 Å². The number of nitrogens with zero attached hydrogens (tertiary/aromatic N) is 2. The summed E-state index contributed by atoms with van der Waals surface area (Å²) in [7, 11) is 0. The zero-order valence-corrected chi connectivity index (χ0v) is 13.2. The number of aromatic nitrogens is 2. The second-order valence-corrected chi connectivity index (χ2v) is 5.33. The van der Waals surface area contributed by atoms with Gasteiger partial charge in [-0.2, -0.15) is 5.10 Å². The normalized spacial score (nSPS) is 11.1. The van der Waals surface area contributed by atoms with Crippen LogP contribution in [0.1, 0.15) is 40.0 Å². The third kappa shape index (κ3) is 5.51. The summed E-state index contributed by atoms with van der Waals surface area (Å²) in [4.78, 5) is 11.9. The van der Waals surface area contributed by atoms with Crippen LogP contribution in [0.15, 0.2) is 11.0 Å². The van der Waals surface area contributed by atoms with Gasteiger partial charge in [0.25, 0.3) is 5.56 Å². The van der Waals surface area contributed by atoms with Crippen molar-refractivity contribution in [2.45, 2.75) is 52.7 Å². The van der Waals surface area contributed by atoms with Gasteiger partial charge in [0.05, 0.1) is 18.0 Å². The van der Waals surface area contributed by atoms with Crippen molar-refractivity contribution >= 4 is 17.3 Å². The highest BCUT2D eigenvalue weighted by atomic mass is 35.5. The van der Waals surface area contributed by atoms with E-state index < -0.39 is 0 Å². The maximum absolute atomic E-state index is 11.9. The lowest BCUT2D eigenvalue weighted by atomic mass is 10.3. The molecule has 0 aromatic carbocycles. The maximum atomic E-state index is 11.9. The zero-order chi connectivity index (χ0) is 15.0. The first-order chi connectivity index (χ1) is 9.56. The van der Waals surface area contributed by atoms with Gasteiger partial charge in [-0.3, -0.25) is 4.79 Å². The highest BCUT2D eigenvalue weighted by Gasteiger charge is 2.08. The summed E-state index contributed by atoms with van der Waals surface area (Å²) in [5.41, 5.74) is 0.371. The molecule has 1 heterocycles. The van der Waals surface area contributed by atoms with Crippen molar-refractivity contribution in [3.8, 4) is 0 Å². The molecular formula is C14H24ClN3O2. The van der Waals surface area contributed by atoms with E-state index in [1.165, 1.54) is 4.68 Å². The van der Waals surface area contributed by atoms with Gasteiger partial charge in [-0.25, -0.2) is 4.68 Å². The molecule has 1 aromatic rings. The lowest BCUT2D eigenvalue weighted by molar-refractivity contribution is 0.0765. The number of halogens is 1. The molecule has 0 aliphatic rings. The van der Waals surface area contributed by atoms with Crippen molar-refractivity contribution in [3.63, 3.8) is 0 Å². The molecule has 20 heavy (non-hydrogen) atoms. The van der Waals surface area contributed by atoms with Crippen molar-refractivity contribution in [1.29, 1.82) is 0 Å². The number of hydrogen-bond acceptors (Lipinski definition) is 4. The molecule has 1 rings (SSSR count). The predicted molar refractivity (Wildman–Crippen MR) is 82.6 cm³/mol. The van der Waals surface area contributed by atoms with Crippen molar-refractivity contribution in [2.75, 3.05) is 18.5 Å². The van der Waals surface area contributed by atoms with E-state index in [1.54, 1.807) is 6.20 Å². The van der Waals surface area contributed by atoms with Gasteiger partial charge < -0.3 is 10.1 Å². The fraction of sp³-hybridized carbons (Fsp3) is 0.714. The Morgan fingerprint density at radius 1 is 1.45 bits per heavy atom. The van der Waals surface area contributed by atoms with Crippen molar-refractivity contribution in [3.05, 3.63) is 21.6 Å². The molecule has 0 saturated carbocycles. The van der Waals surface area contributed by atoms with Crippen LogP contribution in [0.3, 0.4) is 0 Å². The molecule has 1 N–H and O–H groups in total. The van der Waals surface area contributed by atoms with Crippen LogP contribution in [0.4, 0.5) is 5.69 Å². The Bertz CT molecular complexity index is 460. The van der Waals surface area contributed by atoms with Gasteiger partial charge in [0, 0.05) is 19.7 Å². The van der Waals surface area contributed by atoms with Crippen molar-refractivity contribution in [1.82, 2.24) is 9.78 Å². The Hall–Kier alpha value is -1.07. The van der Waals surface area contributed by atoms with Crippen LogP contribution in [-0.4, -0.2) is 29.0 Å². The van der Waals surface area contributed by atoms with Crippen LogP contribution < -0.4 is 10.9 Å². The van der Waals surface area contributed by atoms with Gasteiger partial charge in [0.1, 0.15) is 5.02 Å². The Morgan fingerprint density at radius 2 is 2.20 bits per heavy atom. The molecule has 0 fully saturated rings. The topological polar surface area (TPSA) is 56.1 Å². The fourth-order valence-corrected chi connectivity index (χ4v) is 1.94. The van der Waals surface area contributed by atoms with E-state index in [0.29, 0.717) is 12.2 Å². The summed E-state index contributed by atoms with van der Waals surface area (Å²) in [5, 5.41) is 7.46. The molecule has 6 heteroatoms. The van der Waals surface area contributed by atoms with Crippen molar-refractivity contribution < 1.29 is 4.74 Å². The fourth-order valence-electron chi connectivity index (χ4n) is 1.73. The molecule has 1 aromatic heterocycles. The smallest absolute Gasteiger partial charge is 0.287 e. The number of aryl methyl sites for hydroxylation is 1. The average molecular weight is 302 g/mol. The van der Waals surface area contributed by atoms with E-state index in [1.807, 2.05) is 20.8 Å². The number of anilines is 1. The lowest BCUT2D eigenvalue weighted by Gasteiger charge is -2.10. The Kier molecular flexibility index (Phi) is 7.62. The quantitative estimate of drug-likeness (QED) is 0.713. The number of rotatable bonds is 9. The summed E-state index contributed by atoms with van der Waals surface area (Å²) in [6.07, 6.45) is 4.67. The van der Waals surface area contributed by atoms with E-state index in [4.69, 9.17) is 16.3 Å². The number of nitrogens with one attached hydrogen (secondary N) is 1. The summed E-state index contributed by atoms with van der Waals surface area (Å²) < 4.78 is 6.85. The van der Waals surface area contributed by atoms with E-state index in [-0.39, 0.29) is 16.7 Å². The molecule has 0 radical (unpaired) electrons. The zero-order valence-electron chi connectivity index (χ0n) is 12.5. The number of hydrogen-bond donors (Lipinski definition) is 1. The minimum Gasteiger partial charge on any atom is -0.382 e. The maximum Gasteiger partial charge on any atom is 0.287 e. The van der Waals surface area contributed by atoms with Gasteiger partial charge >= 0.3 is 0 Å². The molecule has 0 amide bonds. The highest BCUT2D eigenvalue weighted by molar-refractivity contribution is 6.32. The van der Waals surface area contributed by atoms with Gasteiger partial charge in [0.2, 0.25) is 0 Å². The molecule has 0 aliphatic heterocycles. The first-order valence-corrected chi connectivity index (χ1v) is 7.55. The standard InChI is InChI=1S/C14H24ClN3O2/c1-4-8-18-14(19)13(15)12(10-17-18)16-7-5-6-9-20-11(2)3/h10-11,16H,4-9H2,1-3H3. The molecule has 0 atom stereocenters. The summed E-state index contributed by atoms with van der Waals surface area (Å²) in [6.45, 7) is 8.13. The van der Waals surface area contributed by atoms with Crippen LogP contribution >= 0.6 is 11.6 Å². The lowest BCUT2D eigenvalue weighted by Crippen LogP contribution is -2.24. The Balaban J connectivity index is 2.41. The van der Waals surface area contributed by atoms with Gasteiger partial charge in [-0.15, -0.1) is 0 Å². The Labute approximate surface area is 125 Å². The third-order valence-corrected chi connectivity index (χ3v) is 3.12. The molecule has 0 bridgehead atoms. The van der Waals surface area contributed by atoms with Crippen LogP contribution in [0, 0.1) is 0 Å².